The van der Waals surface area contributed by atoms with Crippen molar-refractivity contribution in [2.75, 3.05) is 52.5 Å². The number of rotatable bonds is 6. The Morgan fingerprint density at radius 3 is 2.66 bits per heavy atom. The van der Waals surface area contributed by atoms with E-state index in [4.69, 9.17) is 9.72 Å². The quantitative estimate of drug-likeness (QED) is 0.560. The first-order valence-electron chi connectivity index (χ1n) is 11.5. The topological polar surface area (TPSA) is 103 Å². The lowest BCUT2D eigenvalue weighted by Gasteiger charge is -2.35. The van der Waals surface area contributed by atoms with Crippen molar-refractivity contribution < 1.29 is 24.2 Å². The van der Waals surface area contributed by atoms with Crippen molar-refractivity contribution in [3.8, 4) is 10.6 Å². The van der Waals surface area contributed by atoms with Gasteiger partial charge < -0.3 is 19.6 Å². The van der Waals surface area contributed by atoms with Crippen molar-refractivity contribution in [3.63, 3.8) is 0 Å². The Bertz CT molecular complexity index is 1270. The summed E-state index contributed by atoms with van der Waals surface area (Å²) in [7, 11) is 0. The molecule has 2 saturated heterocycles. The summed E-state index contributed by atoms with van der Waals surface area (Å²) in [5.41, 5.74) is 2.35. The first kappa shape index (κ1) is 23.4. The molecule has 0 radical (unpaired) electrons. The molecule has 35 heavy (non-hydrogen) atoms. The molecule has 0 atom stereocenters. The molecule has 0 unspecified atom stereocenters. The van der Waals surface area contributed by atoms with Crippen LogP contribution in [0.1, 0.15) is 15.9 Å². The van der Waals surface area contributed by atoms with E-state index < -0.39 is 5.97 Å². The van der Waals surface area contributed by atoms with Gasteiger partial charge in [0.2, 0.25) is 11.8 Å². The normalized spacial score (nSPS) is 17.2. The third-order valence-corrected chi connectivity index (χ3v) is 7.39. The fourth-order valence-electron chi connectivity index (χ4n) is 4.52. The van der Waals surface area contributed by atoms with Gasteiger partial charge in [-0.25, -0.2) is 9.78 Å². The zero-order valence-corrected chi connectivity index (χ0v) is 20.0. The Kier molecular flexibility index (Phi) is 6.76. The van der Waals surface area contributed by atoms with Crippen LogP contribution in [0.5, 0.6) is 0 Å². The van der Waals surface area contributed by atoms with E-state index >= 15 is 0 Å². The number of aromatic nitrogens is 1. The smallest absolute Gasteiger partial charge is 0.336 e. The number of hydrogen-bond donors (Lipinski definition) is 1. The highest BCUT2D eigenvalue weighted by Gasteiger charge is 2.28. The number of carbonyl (C=O) groups excluding carboxylic acids is 2. The van der Waals surface area contributed by atoms with Crippen molar-refractivity contribution in [1.82, 2.24) is 19.7 Å². The highest BCUT2D eigenvalue weighted by Crippen LogP contribution is 2.32. The van der Waals surface area contributed by atoms with Gasteiger partial charge in [-0.2, -0.15) is 0 Å². The number of pyridine rings is 1. The number of hydrogen-bond acceptors (Lipinski definition) is 7. The Hall–Kier alpha value is -3.34. The molecule has 0 aliphatic carbocycles. The Labute approximate surface area is 206 Å². The molecule has 10 heteroatoms. The van der Waals surface area contributed by atoms with Crippen LogP contribution in [0.3, 0.4) is 0 Å². The average Bonchev–Trinajstić information content (AvgIpc) is 3.33. The van der Waals surface area contributed by atoms with E-state index in [1.807, 2.05) is 22.4 Å². The Balaban J connectivity index is 1.28. The van der Waals surface area contributed by atoms with Gasteiger partial charge in [-0.15, -0.1) is 11.3 Å². The summed E-state index contributed by atoms with van der Waals surface area (Å²) in [6, 6.07) is 10.8. The summed E-state index contributed by atoms with van der Waals surface area (Å²) in [4.78, 5) is 48.4. The van der Waals surface area contributed by atoms with Crippen molar-refractivity contribution in [2.24, 2.45) is 0 Å². The third kappa shape index (κ3) is 5.04. The first-order chi connectivity index (χ1) is 17.0. The van der Waals surface area contributed by atoms with Crippen molar-refractivity contribution in [3.05, 3.63) is 52.9 Å². The standard InChI is InChI=1S/C25H26N4O5S/c30-22(28-8-10-34-11-9-28)15-27-6-7-29(23(31)16-27)14-17-5-12-35-24(17)21-13-19(25(32)33)18-3-1-2-4-20(18)26-21/h1-5,12-13H,6-11,14-16H2,(H,32,33). The van der Waals surface area contributed by atoms with Gasteiger partial charge in [-0.1, -0.05) is 18.2 Å². The van der Waals surface area contributed by atoms with Gasteiger partial charge in [0.25, 0.3) is 0 Å². The van der Waals surface area contributed by atoms with Gasteiger partial charge in [0.1, 0.15) is 0 Å². The number of amides is 2. The minimum Gasteiger partial charge on any atom is -0.478 e. The van der Waals surface area contributed by atoms with Crippen LogP contribution >= 0.6 is 11.3 Å². The monoisotopic (exact) mass is 494 g/mol. The summed E-state index contributed by atoms with van der Waals surface area (Å²) in [5, 5.41) is 12.3. The fourth-order valence-corrected chi connectivity index (χ4v) is 5.40. The lowest BCUT2D eigenvalue weighted by atomic mass is 10.1. The molecule has 2 aliphatic rings. The second-order valence-corrected chi connectivity index (χ2v) is 9.59. The predicted octanol–water partition coefficient (Wildman–Crippen LogP) is 2.16. The van der Waals surface area contributed by atoms with E-state index in [9.17, 15) is 19.5 Å². The first-order valence-corrected chi connectivity index (χ1v) is 12.4. The summed E-state index contributed by atoms with van der Waals surface area (Å²) in [6.45, 7) is 4.31. The van der Waals surface area contributed by atoms with E-state index in [0.29, 0.717) is 62.5 Å². The van der Waals surface area contributed by atoms with E-state index in [1.165, 1.54) is 11.3 Å². The van der Waals surface area contributed by atoms with Crippen LogP contribution < -0.4 is 0 Å². The number of carbonyl (C=O) groups is 3. The summed E-state index contributed by atoms with van der Waals surface area (Å²) < 4.78 is 5.30. The molecule has 182 valence electrons. The molecule has 1 aromatic carbocycles. The highest BCUT2D eigenvalue weighted by atomic mass is 32.1. The lowest BCUT2D eigenvalue weighted by Crippen LogP contribution is -2.53. The van der Waals surface area contributed by atoms with Crippen LogP contribution in [-0.2, 0) is 20.9 Å². The number of benzene rings is 1. The maximum atomic E-state index is 12.9. The molecule has 2 amide bonds. The van der Waals surface area contributed by atoms with Crippen LogP contribution in [0.15, 0.2) is 41.8 Å². The molecule has 5 rings (SSSR count). The number of para-hydroxylation sites is 1. The maximum Gasteiger partial charge on any atom is 0.336 e. The van der Waals surface area contributed by atoms with Gasteiger partial charge in [0.15, 0.2) is 0 Å². The summed E-state index contributed by atoms with van der Waals surface area (Å²) in [6.07, 6.45) is 0. The van der Waals surface area contributed by atoms with Gasteiger partial charge >= 0.3 is 5.97 Å². The SMILES string of the molecule is O=C(O)c1cc(-c2sccc2CN2CCN(CC(=O)N3CCOCC3)CC2=O)nc2ccccc12. The van der Waals surface area contributed by atoms with Crippen molar-refractivity contribution in [1.29, 1.82) is 0 Å². The van der Waals surface area contributed by atoms with Gasteiger partial charge in [0.05, 0.1) is 48.0 Å². The zero-order valence-electron chi connectivity index (χ0n) is 19.2. The third-order valence-electron chi connectivity index (χ3n) is 6.41. The number of thiophene rings is 1. The van der Waals surface area contributed by atoms with Gasteiger partial charge in [-0.05, 0) is 29.1 Å². The van der Waals surface area contributed by atoms with E-state index in [1.54, 1.807) is 34.1 Å². The van der Waals surface area contributed by atoms with E-state index in [0.717, 1.165) is 10.4 Å². The number of nitrogens with zero attached hydrogens (tertiary/aromatic N) is 4. The fraction of sp³-hybridized carbons (Fsp3) is 0.360. The molecule has 2 aromatic heterocycles. The van der Waals surface area contributed by atoms with Crippen LogP contribution in [0.25, 0.3) is 21.5 Å². The maximum absolute atomic E-state index is 12.9. The van der Waals surface area contributed by atoms with Crippen LogP contribution in [0.4, 0.5) is 0 Å². The van der Waals surface area contributed by atoms with E-state index in [2.05, 4.69) is 0 Å². The second-order valence-electron chi connectivity index (χ2n) is 8.67. The number of ether oxygens (including phenoxy) is 1. The van der Waals surface area contributed by atoms with Crippen LogP contribution in [-0.4, -0.2) is 95.1 Å². The van der Waals surface area contributed by atoms with Crippen LogP contribution in [0.2, 0.25) is 0 Å². The summed E-state index contributed by atoms with van der Waals surface area (Å²) >= 11 is 1.48. The zero-order chi connectivity index (χ0) is 24.4. The highest BCUT2D eigenvalue weighted by molar-refractivity contribution is 7.13. The Morgan fingerprint density at radius 2 is 1.89 bits per heavy atom. The number of fused-ring (bicyclic) bond motifs is 1. The predicted molar refractivity (Wildman–Crippen MR) is 131 cm³/mol. The molecule has 2 fully saturated rings. The molecule has 0 spiro atoms. The van der Waals surface area contributed by atoms with Crippen molar-refractivity contribution >= 4 is 40.0 Å². The molecule has 1 N–H and O–H groups in total. The molecule has 2 aliphatic heterocycles. The van der Waals surface area contributed by atoms with E-state index in [-0.39, 0.29) is 30.5 Å². The van der Waals surface area contributed by atoms with Crippen molar-refractivity contribution in [2.45, 2.75) is 6.54 Å². The Morgan fingerprint density at radius 1 is 1.09 bits per heavy atom. The van der Waals surface area contributed by atoms with Crippen LogP contribution in [0, 0.1) is 0 Å². The minimum absolute atomic E-state index is 0.0270. The molecular formula is C25H26N4O5S. The number of morpholine rings is 1. The number of piperazine rings is 1. The van der Waals surface area contributed by atoms with Gasteiger partial charge in [0, 0.05) is 38.1 Å². The minimum atomic E-state index is -0.999. The second kappa shape index (κ2) is 10.1. The molecule has 9 nitrogen and oxygen atoms in total. The number of aromatic carboxylic acids is 1. The molecule has 0 bridgehead atoms. The number of carboxylic acid groups (broad SMARTS) is 1. The average molecular weight is 495 g/mol. The lowest BCUT2D eigenvalue weighted by molar-refractivity contribution is -0.141. The largest absolute Gasteiger partial charge is 0.478 e. The van der Waals surface area contributed by atoms with Gasteiger partial charge in [-0.3, -0.25) is 14.5 Å². The molecule has 4 heterocycles. The molecular weight excluding hydrogens is 468 g/mol. The molecule has 3 aromatic rings. The number of carboxylic acids is 1. The summed E-state index contributed by atoms with van der Waals surface area (Å²) in [5.74, 6) is -0.993. The molecule has 0 saturated carbocycles.